The van der Waals surface area contributed by atoms with Crippen LogP contribution in [0.25, 0.3) is 0 Å². The van der Waals surface area contributed by atoms with E-state index in [0.29, 0.717) is 13.1 Å². The number of ether oxygens (including phenoxy) is 2. The second-order valence-electron chi connectivity index (χ2n) is 4.44. The minimum atomic E-state index is 0.00751. The Labute approximate surface area is 96.1 Å². The third-order valence-electron chi connectivity index (χ3n) is 3.49. The molecule has 2 saturated heterocycles. The van der Waals surface area contributed by atoms with Gasteiger partial charge in [0.1, 0.15) is 12.2 Å². The molecule has 2 unspecified atom stereocenters. The zero-order valence-corrected chi connectivity index (χ0v) is 9.94. The van der Waals surface area contributed by atoms with E-state index in [1.807, 2.05) is 4.90 Å². The van der Waals surface area contributed by atoms with Crippen LogP contribution in [-0.4, -0.2) is 62.9 Å². The van der Waals surface area contributed by atoms with E-state index < -0.39 is 0 Å². The molecule has 2 aliphatic heterocycles. The predicted molar refractivity (Wildman–Crippen MR) is 59.2 cm³/mol. The quantitative estimate of drug-likeness (QED) is 0.715. The molecule has 16 heavy (non-hydrogen) atoms. The first-order valence-electron chi connectivity index (χ1n) is 5.84. The van der Waals surface area contributed by atoms with Gasteiger partial charge in [-0.15, -0.1) is 0 Å². The molecule has 0 bridgehead atoms. The molecule has 5 heteroatoms. The van der Waals surface area contributed by atoms with Gasteiger partial charge in [-0.2, -0.15) is 0 Å². The number of rotatable bonds is 3. The molecule has 1 N–H and O–H groups in total. The number of carbonyl (C=O) groups is 1. The lowest BCUT2D eigenvalue weighted by atomic mass is 10.2. The van der Waals surface area contributed by atoms with E-state index in [9.17, 15) is 4.79 Å². The summed E-state index contributed by atoms with van der Waals surface area (Å²) in [6.45, 7) is 2.24. The molecule has 0 spiro atoms. The minimum Gasteiger partial charge on any atom is -0.377 e. The van der Waals surface area contributed by atoms with Crippen LogP contribution in [0.2, 0.25) is 0 Å². The number of likely N-dealkylation sites (tertiary alicyclic amines) is 1. The average molecular weight is 228 g/mol. The van der Waals surface area contributed by atoms with Crippen molar-refractivity contribution in [3.63, 3.8) is 0 Å². The first kappa shape index (κ1) is 11.8. The molecule has 0 saturated carbocycles. The van der Waals surface area contributed by atoms with Gasteiger partial charge in [-0.1, -0.05) is 0 Å². The van der Waals surface area contributed by atoms with Crippen LogP contribution in [0, 0.1) is 0 Å². The Bertz CT molecular complexity index is 242. The lowest BCUT2D eigenvalue weighted by Gasteiger charge is -2.20. The normalized spacial score (nSPS) is 34.6. The highest BCUT2D eigenvalue weighted by Gasteiger charge is 2.38. The van der Waals surface area contributed by atoms with Gasteiger partial charge in [-0.3, -0.25) is 4.79 Å². The van der Waals surface area contributed by atoms with Crippen LogP contribution in [0.4, 0.5) is 0 Å². The number of nitrogens with zero attached hydrogens (tertiary/aromatic N) is 1. The van der Waals surface area contributed by atoms with E-state index in [0.717, 1.165) is 19.4 Å². The molecule has 3 atom stereocenters. The van der Waals surface area contributed by atoms with Gasteiger partial charge in [-0.05, 0) is 19.4 Å². The number of hydrogen-bond acceptors (Lipinski definition) is 4. The molecule has 0 aromatic heterocycles. The van der Waals surface area contributed by atoms with Gasteiger partial charge in [0.2, 0.25) is 5.91 Å². The third-order valence-corrected chi connectivity index (χ3v) is 3.49. The molecular formula is C11H20N2O3. The lowest BCUT2D eigenvalue weighted by Crippen LogP contribution is -2.43. The summed E-state index contributed by atoms with van der Waals surface area (Å²) in [6.07, 6.45) is 2.06. The van der Waals surface area contributed by atoms with Crippen molar-refractivity contribution < 1.29 is 14.3 Å². The first-order valence-corrected chi connectivity index (χ1v) is 5.84. The summed E-state index contributed by atoms with van der Waals surface area (Å²) in [4.78, 5) is 14.0. The van der Waals surface area contributed by atoms with Gasteiger partial charge in [0.05, 0.1) is 6.04 Å². The van der Waals surface area contributed by atoms with Gasteiger partial charge in [0, 0.05) is 27.3 Å². The maximum absolute atomic E-state index is 12.1. The Hall–Kier alpha value is -0.650. The second kappa shape index (κ2) is 5.12. The standard InChI is InChI=1S/C11H20N2O3/c1-15-9-6-13(7-10(9)16-2)11(14)8-4-3-5-12-8/h8-10,12H,3-7H2,1-2H3/t8-,9?,10?/m1/s1. The summed E-state index contributed by atoms with van der Waals surface area (Å²) in [6, 6.07) is 0.00751. The Morgan fingerprint density at radius 3 is 2.31 bits per heavy atom. The lowest BCUT2D eigenvalue weighted by molar-refractivity contribution is -0.132. The van der Waals surface area contributed by atoms with Crippen LogP contribution in [-0.2, 0) is 14.3 Å². The Morgan fingerprint density at radius 1 is 1.25 bits per heavy atom. The van der Waals surface area contributed by atoms with Crippen molar-refractivity contribution in [3.05, 3.63) is 0 Å². The number of methoxy groups -OCH3 is 2. The minimum absolute atomic E-state index is 0.00751. The fraction of sp³-hybridized carbons (Fsp3) is 0.909. The zero-order valence-electron chi connectivity index (χ0n) is 9.94. The van der Waals surface area contributed by atoms with Crippen LogP contribution in [0.1, 0.15) is 12.8 Å². The molecule has 0 radical (unpaired) electrons. The molecule has 92 valence electrons. The maximum Gasteiger partial charge on any atom is 0.239 e. The molecule has 0 aromatic rings. The van der Waals surface area contributed by atoms with Gasteiger partial charge >= 0.3 is 0 Å². The Balaban J connectivity index is 1.93. The number of amides is 1. The van der Waals surface area contributed by atoms with Crippen molar-refractivity contribution in [1.82, 2.24) is 10.2 Å². The molecule has 2 fully saturated rings. The highest BCUT2D eigenvalue weighted by Crippen LogP contribution is 2.18. The Morgan fingerprint density at radius 2 is 1.88 bits per heavy atom. The van der Waals surface area contributed by atoms with Crippen molar-refractivity contribution >= 4 is 5.91 Å². The van der Waals surface area contributed by atoms with Crippen LogP contribution in [0.15, 0.2) is 0 Å². The largest absolute Gasteiger partial charge is 0.377 e. The van der Waals surface area contributed by atoms with Crippen molar-refractivity contribution in [3.8, 4) is 0 Å². The molecule has 2 heterocycles. The van der Waals surface area contributed by atoms with Crippen LogP contribution in [0.5, 0.6) is 0 Å². The van der Waals surface area contributed by atoms with Crippen LogP contribution in [0.3, 0.4) is 0 Å². The smallest absolute Gasteiger partial charge is 0.239 e. The summed E-state index contributed by atoms with van der Waals surface area (Å²) in [7, 11) is 3.33. The van der Waals surface area contributed by atoms with Crippen molar-refractivity contribution in [2.24, 2.45) is 0 Å². The van der Waals surface area contributed by atoms with Gasteiger partial charge in [0.25, 0.3) is 0 Å². The number of hydrogen-bond donors (Lipinski definition) is 1. The summed E-state index contributed by atoms with van der Waals surface area (Å²) in [5, 5.41) is 3.23. The molecular weight excluding hydrogens is 208 g/mol. The van der Waals surface area contributed by atoms with Crippen molar-refractivity contribution in [1.29, 1.82) is 0 Å². The molecule has 0 aliphatic carbocycles. The monoisotopic (exact) mass is 228 g/mol. The average Bonchev–Trinajstić information content (AvgIpc) is 2.96. The number of nitrogens with one attached hydrogen (secondary N) is 1. The van der Waals surface area contributed by atoms with E-state index in [4.69, 9.17) is 9.47 Å². The topological polar surface area (TPSA) is 50.8 Å². The van der Waals surface area contributed by atoms with Gasteiger partial charge in [0.15, 0.2) is 0 Å². The van der Waals surface area contributed by atoms with Gasteiger partial charge < -0.3 is 19.7 Å². The summed E-state index contributed by atoms with van der Waals surface area (Å²) in [5.74, 6) is 0.194. The highest BCUT2D eigenvalue weighted by atomic mass is 16.5. The summed E-state index contributed by atoms with van der Waals surface area (Å²) < 4.78 is 10.6. The van der Waals surface area contributed by atoms with Crippen LogP contribution >= 0.6 is 0 Å². The molecule has 2 aliphatic rings. The maximum atomic E-state index is 12.1. The fourth-order valence-corrected chi connectivity index (χ4v) is 2.49. The zero-order chi connectivity index (χ0) is 11.5. The fourth-order valence-electron chi connectivity index (χ4n) is 2.49. The SMILES string of the molecule is COC1CN(C(=O)[C@H]2CCCN2)CC1OC. The first-order chi connectivity index (χ1) is 7.76. The third kappa shape index (κ3) is 2.21. The predicted octanol–water partition coefficient (Wildman–Crippen LogP) is -0.389. The molecule has 5 nitrogen and oxygen atoms in total. The van der Waals surface area contributed by atoms with E-state index >= 15 is 0 Å². The van der Waals surface area contributed by atoms with Crippen LogP contribution < -0.4 is 5.32 Å². The van der Waals surface area contributed by atoms with Crippen molar-refractivity contribution in [2.45, 2.75) is 31.1 Å². The van der Waals surface area contributed by atoms with E-state index in [2.05, 4.69) is 5.32 Å². The highest BCUT2D eigenvalue weighted by molar-refractivity contribution is 5.82. The number of carbonyl (C=O) groups excluding carboxylic acids is 1. The summed E-state index contributed by atoms with van der Waals surface area (Å²) >= 11 is 0. The molecule has 2 rings (SSSR count). The van der Waals surface area contributed by atoms with E-state index in [-0.39, 0.29) is 24.2 Å². The summed E-state index contributed by atoms with van der Waals surface area (Å²) in [5.41, 5.74) is 0. The molecule has 0 aromatic carbocycles. The second-order valence-corrected chi connectivity index (χ2v) is 4.44. The molecule has 1 amide bonds. The van der Waals surface area contributed by atoms with E-state index in [1.54, 1.807) is 14.2 Å². The van der Waals surface area contributed by atoms with Gasteiger partial charge in [-0.25, -0.2) is 0 Å². The van der Waals surface area contributed by atoms with Crippen molar-refractivity contribution in [2.75, 3.05) is 33.9 Å². The Kier molecular flexibility index (Phi) is 3.78. The van der Waals surface area contributed by atoms with E-state index in [1.165, 1.54) is 0 Å².